The number of nitrogens with two attached hydrogens (primary N) is 1. The fourth-order valence-electron chi connectivity index (χ4n) is 1.72. The molecule has 1 aliphatic carbocycles. The molecule has 2 rings (SSSR count). The minimum absolute atomic E-state index is 0.0564. The van der Waals surface area contributed by atoms with E-state index in [-0.39, 0.29) is 17.8 Å². The maximum Gasteiger partial charge on any atom is 0.333 e. The highest BCUT2D eigenvalue weighted by molar-refractivity contribution is 5.60. The van der Waals surface area contributed by atoms with Crippen LogP contribution in [0.1, 0.15) is 19.0 Å². The molecular formula is C9H15N5O2. The predicted octanol–water partition coefficient (Wildman–Crippen LogP) is 0.631. The van der Waals surface area contributed by atoms with Gasteiger partial charge < -0.3 is 11.1 Å². The number of aryl methyl sites for hydroxylation is 2. The minimum Gasteiger partial charge on any atom is -0.360 e. The summed E-state index contributed by atoms with van der Waals surface area (Å²) in [4.78, 5) is 10.5. The highest BCUT2D eigenvalue weighted by atomic mass is 16.6. The van der Waals surface area contributed by atoms with Gasteiger partial charge in [-0.15, -0.1) is 0 Å². The van der Waals surface area contributed by atoms with Crippen molar-refractivity contribution in [2.75, 3.05) is 5.32 Å². The van der Waals surface area contributed by atoms with Gasteiger partial charge >= 0.3 is 5.69 Å². The van der Waals surface area contributed by atoms with E-state index in [2.05, 4.69) is 10.4 Å². The summed E-state index contributed by atoms with van der Waals surface area (Å²) in [5.74, 6) is 0.475. The Balaban J connectivity index is 2.34. The number of hydrogen-bond acceptors (Lipinski definition) is 5. The normalized spacial score (nSPS) is 23.2. The van der Waals surface area contributed by atoms with Crippen LogP contribution in [-0.2, 0) is 6.54 Å². The minimum atomic E-state index is -0.398. The van der Waals surface area contributed by atoms with Gasteiger partial charge in [-0.05, 0) is 20.3 Å². The third kappa shape index (κ3) is 1.73. The van der Waals surface area contributed by atoms with Gasteiger partial charge in [0.1, 0.15) is 5.69 Å². The van der Waals surface area contributed by atoms with Crippen molar-refractivity contribution in [2.45, 2.75) is 38.9 Å². The lowest BCUT2D eigenvalue weighted by molar-refractivity contribution is -0.384. The van der Waals surface area contributed by atoms with Crippen molar-refractivity contribution in [3.05, 3.63) is 15.8 Å². The van der Waals surface area contributed by atoms with Crippen LogP contribution in [0, 0.1) is 17.0 Å². The molecule has 0 aromatic carbocycles. The number of anilines is 1. The first-order valence-electron chi connectivity index (χ1n) is 5.28. The van der Waals surface area contributed by atoms with Crippen molar-refractivity contribution in [1.82, 2.24) is 9.78 Å². The number of hydrogen-bond donors (Lipinski definition) is 2. The van der Waals surface area contributed by atoms with Gasteiger partial charge in [0.25, 0.3) is 0 Å². The van der Waals surface area contributed by atoms with Crippen molar-refractivity contribution in [3.8, 4) is 0 Å². The van der Waals surface area contributed by atoms with Crippen LogP contribution in [0.2, 0.25) is 0 Å². The van der Waals surface area contributed by atoms with Gasteiger partial charge in [-0.3, -0.25) is 10.1 Å². The van der Waals surface area contributed by atoms with Crippen LogP contribution in [0.3, 0.4) is 0 Å². The maximum absolute atomic E-state index is 10.9. The number of nitro groups is 1. The molecule has 0 radical (unpaired) electrons. The quantitative estimate of drug-likeness (QED) is 0.578. The molecule has 0 saturated heterocycles. The van der Waals surface area contributed by atoms with E-state index < -0.39 is 4.92 Å². The summed E-state index contributed by atoms with van der Waals surface area (Å²) in [7, 11) is 0. The average molecular weight is 225 g/mol. The molecule has 7 heteroatoms. The lowest BCUT2D eigenvalue weighted by Gasteiger charge is -2.06. The van der Waals surface area contributed by atoms with E-state index in [0.717, 1.165) is 6.42 Å². The van der Waals surface area contributed by atoms with Crippen molar-refractivity contribution in [2.24, 2.45) is 5.73 Å². The molecule has 1 fully saturated rings. The number of aromatic nitrogens is 2. The van der Waals surface area contributed by atoms with Crippen molar-refractivity contribution in [3.63, 3.8) is 0 Å². The average Bonchev–Trinajstić information content (AvgIpc) is 2.77. The molecule has 1 aliphatic rings. The van der Waals surface area contributed by atoms with Gasteiger partial charge in [-0.2, -0.15) is 5.10 Å². The van der Waals surface area contributed by atoms with Crippen molar-refractivity contribution < 1.29 is 4.92 Å². The Bertz CT molecular complexity index is 428. The molecule has 7 nitrogen and oxygen atoms in total. The fourth-order valence-corrected chi connectivity index (χ4v) is 1.72. The Morgan fingerprint density at radius 1 is 1.75 bits per heavy atom. The van der Waals surface area contributed by atoms with Gasteiger partial charge in [-0.1, -0.05) is 0 Å². The summed E-state index contributed by atoms with van der Waals surface area (Å²) in [6.45, 7) is 4.13. The smallest absolute Gasteiger partial charge is 0.333 e. The standard InChI is InChI=1S/C9H15N5O2/c1-3-13-9(11-7-4-6(7)10)8(14(15)16)5(2)12-13/h6-7,11H,3-4,10H2,1-2H3. The number of nitrogens with zero attached hydrogens (tertiary/aromatic N) is 3. The molecule has 16 heavy (non-hydrogen) atoms. The fraction of sp³-hybridized carbons (Fsp3) is 0.667. The van der Waals surface area contributed by atoms with Crippen LogP contribution in [0.4, 0.5) is 11.5 Å². The molecular weight excluding hydrogens is 210 g/mol. The Morgan fingerprint density at radius 2 is 2.38 bits per heavy atom. The number of nitrogens with one attached hydrogen (secondary N) is 1. The first-order valence-corrected chi connectivity index (χ1v) is 5.28. The maximum atomic E-state index is 10.9. The van der Waals surface area contributed by atoms with Crippen LogP contribution < -0.4 is 11.1 Å². The molecule has 2 atom stereocenters. The van der Waals surface area contributed by atoms with Crippen LogP contribution in [0.25, 0.3) is 0 Å². The second-order valence-electron chi connectivity index (χ2n) is 4.01. The van der Waals surface area contributed by atoms with Gasteiger partial charge in [0.05, 0.1) is 4.92 Å². The topological polar surface area (TPSA) is 99.0 Å². The summed E-state index contributed by atoms with van der Waals surface area (Å²) < 4.78 is 1.61. The molecule has 0 spiro atoms. The Hall–Kier alpha value is -1.63. The van der Waals surface area contributed by atoms with E-state index in [9.17, 15) is 10.1 Å². The van der Waals surface area contributed by atoms with E-state index in [1.807, 2.05) is 6.92 Å². The Labute approximate surface area is 92.8 Å². The summed E-state index contributed by atoms with van der Waals surface area (Å²) >= 11 is 0. The largest absolute Gasteiger partial charge is 0.360 e. The molecule has 1 aromatic rings. The van der Waals surface area contributed by atoms with Crippen LogP contribution >= 0.6 is 0 Å². The Morgan fingerprint density at radius 3 is 2.81 bits per heavy atom. The second kappa shape index (κ2) is 3.75. The lowest BCUT2D eigenvalue weighted by Crippen LogP contribution is -2.16. The van der Waals surface area contributed by atoms with Gasteiger partial charge in [0.2, 0.25) is 5.82 Å². The van der Waals surface area contributed by atoms with Crippen LogP contribution in [0.5, 0.6) is 0 Å². The third-order valence-electron chi connectivity index (χ3n) is 2.74. The SMILES string of the molecule is CCn1nc(C)c([N+](=O)[O-])c1NC1CC1N. The zero-order valence-corrected chi connectivity index (χ0v) is 9.30. The van der Waals surface area contributed by atoms with E-state index in [1.54, 1.807) is 11.6 Å². The molecule has 0 amide bonds. The second-order valence-corrected chi connectivity index (χ2v) is 4.01. The summed E-state index contributed by atoms with van der Waals surface area (Å²) in [5, 5.41) is 18.2. The molecule has 3 N–H and O–H groups in total. The molecule has 1 aromatic heterocycles. The third-order valence-corrected chi connectivity index (χ3v) is 2.74. The zero-order valence-electron chi connectivity index (χ0n) is 9.30. The van der Waals surface area contributed by atoms with Crippen LogP contribution in [-0.4, -0.2) is 26.8 Å². The first kappa shape index (κ1) is 10.9. The molecule has 0 bridgehead atoms. The van der Waals surface area contributed by atoms with Crippen LogP contribution in [0.15, 0.2) is 0 Å². The zero-order chi connectivity index (χ0) is 11.9. The van der Waals surface area contributed by atoms with Gasteiger partial charge in [0.15, 0.2) is 0 Å². The van der Waals surface area contributed by atoms with E-state index >= 15 is 0 Å². The highest BCUT2D eigenvalue weighted by Gasteiger charge is 2.37. The molecule has 1 heterocycles. The molecule has 88 valence electrons. The predicted molar refractivity (Wildman–Crippen MR) is 59.3 cm³/mol. The van der Waals surface area contributed by atoms with Gasteiger partial charge in [-0.25, -0.2) is 4.68 Å². The summed E-state index contributed by atoms with van der Waals surface area (Å²) in [5.41, 5.74) is 6.17. The molecule has 0 aliphatic heterocycles. The first-order chi connectivity index (χ1) is 7.54. The summed E-state index contributed by atoms with van der Waals surface area (Å²) in [6, 6.07) is 0.236. The monoisotopic (exact) mass is 225 g/mol. The van der Waals surface area contributed by atoms with E-state index in [4.69, 9.17) is 5.73 Å². The Kier molecular flexibility index (Phi) is 2.55. The van der Waals surface area contributed by atoms with Crippen molar-refractivity contribution in [1.29, 1.82) is 0 Å². The summed E-state index contributed by atoms with van der Waals surface area (Å²) in [6.07, 6.45) is 0.852. The van der Waals surface area contributed by atoms with Gasteiger partial charge in [0, 0.05) is 18.6 Å². The van der Waals surface area contributed by atoms with E-state index in [1.165, 1.54) is 0 Å². The van der Waals surface area contributed by atoms with E-state index in [0.29, 0.717) is 18.1 Å². The molecule has 1 saturated carbocycles. The lowest BCUT2D eigenvalue weighted by atomic mass is 10.4. The molecule has 2 unspecified atom stereocenters. The van der Waals surface area contributed by atoms with Crippen molar-refractivity contribution >= 4 is 11.5 Å². The number of rotatable bonds is 4. The highest BCUT2D eigenvalue weighted by Crippen LogP contribution is 2.32.